The van der Waals surface area contributed by atoms with Gasteiger partial charge in [0.25, 0.3) is 0 Å². The Labute approximate surface area is 158 Å². The van der Waals surface area contributed by atoms with Crippen molar-refractivity contribution < 1.29 is 22.5 Å². The van der Waals surface area contributed by atoms with Gasteiger partial charge in [-0.15, -0.1) is 0 Å². The smallest absolute Gasteiger partial charge is 0.243 e. The van der Waals surface area contributed by atoms with Gasteiger partial charge in [0.05, 0.1) is 24.1 Å². The van der Waals surface area contributed by atoms with E-state index in [2.05, 4.69) is 5.16 Å². The molecule has 0 spiro atoms. The zero-order valence-electron chi connectivity index (χ0n) is 15.6. The van der Waals surface area contributed by atoms with Crippen LogP contribution in [0.15, 0.2) is 33.7 Å². The predicted molar refractivity (Wildman–Crippen MR) is 98.0 cm³/mol. The van der Waals surface area contributed by atoms with E-state index in [1.807, 2.05) is 0 Å². The van der Waals surface area contributed by atoms with E-state index in [1.165, 1.54) is 23.5 Å². The number of nitrogens with zero attached hydrogens (tertiary/aromatic N) is 3. The van der Waals surface area contributed by atoms with E-state index in [0.717, 1.165) is 5.56 Å². The molecule has 0 atom stereocenters. The number of sulfonamides is 1. The summed E-state index contributed by atoms with van der Waals surface area (Å²) in [6.45, 7) is 4.83. The molecule has 0 aliphatic carbocycles. The molecule has 8 nitrogen and oxygen atoms in total. The number of piperazine rings is 1. The van der Waals surface area contributed by atoms with E-state index in [1.54, 1.807) is 30.9 Å². The van der Waals surface area contributed by atoms with Gasteiger partial charge in [-0.2, -0.15) is 4.31 Å². The largest absolute Gasteiger partial charge is 0.497 e. The van der Waals surface area contributed by atoms with Gasteiger partial charge in [0.15, 0.2) is 0 Å². The summed E-state index contributed by atoms with van der Waals surface area (Å²) < 4.78 is 37.1. The molecule has 1 aliphatic heterocycles. The maximum absolute atomic E-state index is 12.8. The van der Waals surface area contributed by atoms with Crippen molar-refractivity contribution in [3.63, 3.8) is 0 Å². The summed E-state index contributed by atoms with van der Waals surface area (Å²) in [4.78, 5) is 14.4. The lowest BCUT2D eigenvalue weighted by atomic mass is 10.1. The molecule has 2 aromatic rings. The van der Waals surface area contributed by atoms with E-state index >= 15 is 0 Å². The molecular weight excluding hydrogens is 370 g/mol. The standard InChI is InChI=1S/C18H23N3O5S/c1-13-17(14(2)26-19-13)12-18(22)20-8-10-21(11-9-20)27(23,24)16-6-4-15(25-3)5-7-16/h4-7H,8-12H2,1-3H3. The Morgan fingerprint density at radius 3 is 2.30 bits per heavy atom. The number of carbonyl (C=O) groups is 1. The van der Waals surface area contributed by atoms with Crippen molar-refractivity contribution in [3.05, 3.63) is 41.3 Å². The second kappa shape index (κ2) is 7.69. The highest BCUT2D eigenvalue weighted by atomic mass is 32.2. The molecule has 146 valence electrons. The van der Waals surface area contributed by atoms with Crippen LogP contribution >= 0.6 is 0 Å². The van der Waals surface area contributed by atoms with Gasteiger partial charge < -0.3 is 14.2 Å². The fourth-order valence-electron chi connectivity index (χ4n) is 3.09. The first-order valence-electron chi connectivity index (χ1n) is 8.66. The van der Waals surface area contributed by atoms with Gasteiger partial charge in [-0.1, -0.05) is 5.16 Å². The van der Waals surface area contributed by atoms with Crippen molar-refractivity contribution in [1.82, 2.24) is 14.4 Å². The highest BCUT2D eigenvalue weighted by Crippen LogP contribution is 2.21. The van der Waals surface area contributed by atoms with E-state index in [4.69, 9.17) is 9.26 Å². The zero-order valence-corrected chi connectivity index (χ0v) is 16.5. The minimum atomic E-state index is -3.58. The lowest BCUT2D eigenvalue weighted by Gasteiger charge is -2.34. The molecule has 1 saturated heterocycles. The normalized spacial score (nSPS) is 15.7. The first kappa shape index (κ1) is 19.4. The number of carbonyl (C=O) groups excluding carboxylic acids is 1. The Morgan fingerprint density at radius 1 is 1.15 bits per heavy atom. The summed E-state index contributed by atoms with van der Waals surface area (Å²) in [6.07, 6.45) is 0.215. The molecule has 0 N–H and O–H groups in total. The van der Waals surface area contributed by atoms with E-state index in [0.29, 0.717) is 30.3 Å². The van der Waals surface area contributed by atoms with Gasteiger partial charge in [0, 0.05) is 31.7 Å². The number of rotatable bonds is 5. The molecule has 1 aromatic carbocycles. The van der Waals surface area contributed by atoms with Crippen LogP contribution in [0.5, 0.6) is 5.75 Å². The molecule has 27 heavy (non-hydrogen) atoms. The maximum atomic E-state index is 12.8. The Balaban J connectivity index is 1.63. The quantitative estimate of drug-likeness (QED) is 0.762. The monoisotopic (exact) mass is 393 g/mol. The van der Waals surface area contributed by atoms with Crippen LogP contribution in [0.4, 0.5) is 0 Å². The Morgan fingerprint density at radius 2 is 1.78 bits per heavy atom. The lowest BCUT2D eigenvalue weighted by molar-refractivity contribution is -0.131. The third-order valence-electron chi connectivity index (χ3n) is 4.80. The van der Waals surface area contributed by atoms with Crippen LogP contribution in [0.25, 0.3) is 0 Å². The van der Waals surface area contributed by atoms with Crippen molar-refractivity contribution >= 4 is 15.9 Å². The average molecular weight is 393 g/mol. The van der Waals surface area contributed by atoms with Gasteiger partial charge in [0.2, 0.25) is 15.9 Å². The first-order chi connectivity index (χ1) is 12.8. The van der Waals surface area contributed by atoms with Gasteiger partial charge in [-0.25, -0.2) is 8.42 Å². The highest BCUT2D eigenvalue weighted by molar-refractivity contribution is 7.89. The molecule has 0 radical (unpaired) electrons. The third kappa shape index (κ3) is 3.98. The summed E-state index contributed by atoms with van der Waals surface area (Å²) >= 11 is 0. The molecule has 9 heteroatoms. The Bertz CT molecular complexity index is 893. The molecule has 0 bridgehead atoms. The van der Waals surface area contributed by atoms with Crippen molar-refractivity contribution in [1.29, 1.82) is 0 Å². The van der Waals surface area contributed by atoms with Crippen LogP contribution in [0, 0.1) is 13.8 Å². The van der Waals surface area contributed by atoms with Crippen molar-refractivity contribution in [2.45, 2.75) is 25.2 Å². The number of benzene rings is 1. The maximum Gasteiger partial charge on any atom is 0.243 e. The van der Waals surface area contributed by atoms with Gasteiger partial charge in [-0.05, 0) is 38.1 Å². The summed E-state index contributed by atoms with van der Waals surface area (Å²) in [5.74, 6) is 1.19. The highest BCUT2D eigenvalue weighted by Gasteiger charge is 2.30. The van der Waals surface area contributed by atoms with Crippen LogP contribution in [0.2, 0.25) is 0 Å². The molecule has 3 rings (SSSR count). The van der Waals surface area contributed by atoms with Crippen LogP contribution in [-0.2, 0) is 21.2 Å². The summed E-state index contributed by atoms with van der Waals surface area (Å²) in [5.41, 5.74) is 1.51. The van der Waals surface area contributed by atoms with Crippen LogP contribution in [0.3, 0.4) is 0 Å². The molecule has 0 unspecified atom stereocenters. The number of aromatic nitrogens is 1. The number of aryl methyl sites for hydroxylation is 2. The number of ether oxygens (including phenoxy) is 1. The summed E-state index contributed by atoms with van der Waals surface area (Å²) in [7, 11) is -2.05. The third-order valence-corrected chi connectivity index (χ3v) is 6.71. The number of amides is 1. The summed E-state index contributed by atoms with van der Waals surface area (Å²) in [5, 5.41) is 3.86. The Hall–Kier alpha value is -2.39. The zero-order chi connectivity index (χ0) is 19.6. The second-order valence-corrected chi connectivity index (χ2v) is 8.38. The predicted octanol–water partition coefficient (Wildman–Crippen LogP) is 1.38. The molecule has 1 aliphatic rings. The van der Waals surface area contributed by atoms with Crippen LogP contribution in [0.1, 0.15) is 17.0 Å². The van der Waals surface area contributed by atoms with Crippen molar-refractivity contribution in [3.8, 4) is 5.75 Å². The molecule has 1 aromatic heterocycles. The van der Waals surface area contributed by atoms with E-state index < -0.39 is 10.0 Å². The second-order valence-electron chi connectivity index (χ2n) is 6.44. The van der Waals surface area contributed by atoms with E-state index in [-0.39, 0.29) is 30.3 Å². The number of methoxy groups -OCH3 is 1. The van der Waals surface area contributed by atoms with Crippen LogP contribution < -0.4 is 4.74 Å². The number of hydrogen-bond acceptors (Lipinski definition) is 6. The lowest BCUT2D eigenvalue weighted by Crippen LogP contribution is -2.50. The minimum absolute atomic E-state index is 0.0501. The SMILES string of the molecule is COc1ccc(S(=O)(=O)N2CCN(C(=O)Cc3c(C)noc3C)CC2)cc1. The fraction of sp³-hybridized carbons (Fsp3) is 0.444. The Kier molecular flexibility index (Phi) is 5.52. The minimum Gasteiger partial charge on any atom is -0.497 e. The molecule has 1 amide bonds. The van der Waals surface area contributed by atoms with Gasteiger partial charge in [-0.3, -0.25) is 4.79 Å². The fourth-order valence-corrected chi connectivity index (χ4v) is 4.51. The van der Waals surface area contributed by atoms with E-state index in [9.17, 15) is 13.2 Å². The molecule has 0 saturated carbocycles. The van der Waals surface area contributed by atoms with Gasteiger partial charge >= 0.3 is 0 Å². The topological polar surface area (TPSA) is 93.0 Å². The summed E-state index contributed by atoms with van der Waals surface area (Å²) in [6, 6.07) is 6.30. The van der Waals surface area contributed by atoms with Crippen molar-refractivity contribution in [2.24, 2.45) is 0 Å². The molecular formula is C18H23N3O5S. The van der Waals surface area contributed by atoms with Crippen LogP contribution in [-0.4, -0.2) is 62.0 Å². The number of hydrogen-bond donors (Lipinski definition) is 0. The molecule has 2 heterocycles. The molecule has 1 fully saturated rings. The van der Waals surface area contributed by atoms with Crippen molar-refractivity contribution in [2.75, 3.05) is 33.3 Å². The van der Waals surface area contributed by atoms with Gasteiger partial charge in [0.1, 0.15) is 11.5 Å². The average Bonchev–Trinajstić information content (AvgIpc) is 3.00. The first-order valence-corrected chi connectivity index (χ1v) is 10.1.